The Labute approximate surface area is 79.0 Å². The zero-order chi connectivity index (χ0) is 9.97. The minimum absolute atomic E-state index is 0.00913. The van der Waals surface area contributed by atoms with Gasteiger partial charge in [-0.2, -0.15) is 0 Å². The van der Waals surface area contributed by atoms with Gasteiger partial charge in [-0.25, -0.2) is 9.89 Å². The van der Waals surface area contributed by atoms with Crippen LogP contribution in [0.2, 0.25) is 0 Å². The van der Waals surface area contributed by atoms with Gasteiger partial charge < -0.3 is 9.52 Å². The number of hydrogen-bond acceptors (Lipinski definition) is 4. The summed E-state index contributed by atoms with van der Waals surface area (Å²) in [5.74, 6) is -0.328. The molecule has 0 saturated heterocycles. The van der Waals surface area contributed by atoms with Crippen molar-refractivity contribution in [2.45, 2.75) is 6.61 Å². The van der Waals surface area contributed by atoms with Crippen molar-refractivity contribution in [1.29, 1.82) is 0 Å². The van der Waals surface area contributed by atoms with Crippen LogP contribution in [0.25, 0.3) is 11.5 Å². The summed E-state index contributed by atoms with van der Waals surface area (Å²) in [6.45, 7) is -0.00913. The lowest BCUT2D eigenvalue weighted by molar-refractivity contribution is 0.282. The second-order valence-electron chi connectivity index (χ2n) is 2.77. The quantitative estimate of drug-likeness (QED) is 0.727. The Bertz CT molecular complexity index is 469. The van der Waals surface area contributed by atoms with Gasteiger partial charge in [0.1, 0.15) is 0 Å². The van der Waals surface area contributed by atoms with E-state index in [1.807, 2.05) is 0 Å². The Morgan fingerprint density at radius 1 is 1.36 bits per heavy atom. The van der Waals surface area contributed by atoms with E-state index >= 15 is 0 Å². The fraction of sp³-hybridized carbons (Fsp3) is 0.111. The summed E-state index contributed by atoms with van der Waals surface area (Å²) < 4.78 is 4.76. The third kappa shape index (κ3) is 1.57. The van der Waals surface area contributed by atoms with Gasteiger partial charge in [0.05, 0.1) is 6.61 Å². The summed E-state index contributed by atoms with van der Waals surface area (Å²) in [4.78, 5) is 10.7. The molecular weight excluding hydrogens is 184 g/mol. The van der Waals surface area contributed by atoms with E-state index in [9.17, 15) is 4.79 Å². The van der Waals surface area contributed by atoms with Crippen molar-refractivity contribution in [3.8, 4) is 11.5 Å². The first kappa shape index (κ1) is 8.71. The van der Waals surface area contributed by atoms with Gasteiger partial charge in [0.2, 0.25) is 5.89 Å². The zero-order valence-electron chi connectivity index (χ0n) is 7.23. The molecular formula is C9H8N2O3. The molecule has 1 heterocycles. The molecule has 0 spiro atoms. The largest absolute Gasteiger partial charge is 0.434 e. The molecule has 0 radical (unpaired) electrons. The van der Waals surface area contributed by atoms with Crippen molar-refractivity contribution in [1.82, 2.24) is 10.2 Å². The van der Waals surface area contributed by atoms with Gasteiger partial charge in [-0.15, -0.1) is 5.10 Å². The number of nitrogens with one attached hydrogen (secondary N) is 1. The number of aliphatic hydroxyl groups is 1. The van der Waals surface area contributed by atoms with E-state index in [0.717, 1.165) is 5.56 Å². The number of hydrogen-bond donors (Lipinski definition) is 2. The number of benzene rings is 1. The van der Waals surface area contributed by atoms with E-state index in [1.165, 1.54) is 0 Å². The molecule has 72 valence electrons. The number of nitrogens with zero attached hydrogens (tertiary/aromatic N) is 1. The standard InChI is InChI=1S/C9H8N2O3/c12-5-6-1-3-7(4-2-6)8-10-11-9(13)14-8/h1-4,12H,5H2,(H,11,13). The third-order valence-electron chi connectivity index (χ3n) is 1.82. The third-order valence-corrected chi connectivity index (χ3v) is 1.82. The summed E-state index contributed by atoms with van der Waals surface area (Å²) in [6, 6.07) is 6.93. The van der Waals surface area contributed by atoms with Gasteiger partial charge in [-0.1, -0.05) is 12.1 Å². The highest BCUT2D eigenvalue weighted by Crippen LogP contribution is 2.15. The molecule has 2 aromatic rings. The van der Waals surface area contributed by atoms with E-state index in [2.05, 4.69) is 10.2 Å². The van der Waals surface area contributed by atoms with E-state index in [-0.39, 0.29) is 12.5 Å². The molecule has 1 aromatic carbocycles. The smallest absolute Gasteiger partial charge is 0.392 e. The SMILES string of the molecule is O=c1[nH]nc(-c2ccc(CO)cc2)o1. The number of aliphatic hydroxyl groups excluding tert-OH is 1. The topological polar surface area (TPSA) is 79.1 Å². The molecule has 0 bridgehead atoms. The highest BCUT2D eigenvalue weighted by Gasteiger charge is 2.03. The number of rotatable bonds is 2. The molecule has 0 atom stereocenters. The Morgan fingerprint density at radius 2 is 2.07 bits per heavy atom. The normalized spacial score (nSPS) is 10.4. The molecule has 2 rings (SSSR count). The predicted octanol–water partition coefficient (Wildman–Crippen LogP) is 0.522. The van der Waals surface area contributed by atoms with Gasteiger partial charge in [0.15, 0.2) is 0 Å². The van der Waals surface area contributed by atoms with Crippen molar-refractivity contribution in [3.63, 3.8) is 0 Å². The van der Waals surface area contributed by atoms with Gasteiger partial charge in [0, 0.05) is 5.56 Å². The zero-order valence-corrected chi connectivity index (χ0v) is 7.23. The van der Waals surface area contributed by atoms with Crippen molar-refractivity contribution in [2.24, 2.45) is 0 Å². The minimum Gasteiger partial charge on any atom is -0.392 e. The lowest BCUT2D eigenvalue weighted by Crippen LogP contribution is -1.93. The molecule has 14 heavy (non-hydrogen) atoms. The lowest BCUT2D eigenvalue weighted by Gasteiger charge is -1.96. The molecule has 0 aliphatic rings. The summed E-state index contributed by atoms with van der Waals surface area (Å²) >= 11 is 0. The first-order valence-electron chi connectivity index (χ1n) is 4.05. The second kappa shape index (κ2) is 3.47. The van der Waals surface area contributed by atoms with Crippen molar-refractivity contribution in [2.75, 3.05) is 0 Å². The first-order valence-corrected chi connectivity index (χ1v) is 4.05. The molecule has 5 nitrogen and oxygen atoms in total. The summed E-state index contributed by atoms with van der Waals surface area (Å²) in [5, 5.41) is 14.7. The van der Waals surface area contributed by atoms with E-state index in [4.69, 9.17) is 9.52 Å². The Hall–Kier alpha value is -1.88. The molecule has 5 heteroatoms. The molecule has 0 aliphatic carbocycles. The summed E-state index contributed by atoms with van der Waals surface area (Å²) in [6.07, 6.45) is 0. The fourth-order valence-electron chi connectivity index (χ4n) is 1.11. The number of H-pyrrole nitrogens is 1. The maximum absolute atomic E-state index is 10.7. The average Bonchev–Trinajstić information content (AvgIpc) is 2.65. The van der Waals surface area contributed by atoms with Crippen molar-refractivity contribution in [3.05, 3.63) is 40.4 Å². The van der Waals surface area contributed by atoms with Crippen LogP contribution < -0.4 is 5.76 Å². The Balaban J connectivity index is 2.38. The van der Waals surface area contributed by atoms with Crippen LogP contribution in [0.5, 0.6) is 0 Å². The predicted molar refractivity (Wildman–Crippen MR) is 48.5 cm³/mol. The van der Waals surface area contributed by atoms with Gasteiger partial charge in [0.25, 0.3) is 0 Å². The molecule has 0 fully saturated rings. The molecule has 0 amide bonds. The molecule has 1 aromatic heterocycles. The van der Waals surface area contributed by atoms with Crippen LogP contribution >= 0.6 is 0 Å². The minimum atomic E-state index is -0.578. The van der Waals surface area contributed by atoms with Crippen molar-refractivity contribution < 1.29 is 9.52 Å². The Morgan fingerprint density at radius 3 is 2.57 bits per heavy atom. The van der Waals surface area contributed by atoms with Gasteiger partial charge in [-0.3, -0.25) is 0 Å². The van der Waals surface area contributed by atoms with Crippen LogP contribution in [0.1, 0.15) is 5.56 Å². The molecule has 0 saturated carbocycles. The fourth-order valence-corrected chi connectivity index (χ4v) is 1.11. The molecule has 2 N–H and O–H groups in total. The van der Waals surface area contributed by atoms with Crippen LogP contribution in [0.15, 0.2) is 33.5 Å². The highest BCUT2D eigenvalue weighted by molar-refractivity contribution is 5.52. The van der Waals surface area contributed by atoms with E-state index < -0.39 is 5.76 Å². The summed E-state index contributed by atoms with van der Waals surface area (Å²) in [7, 11) is 0. The van der Waals surface area contributed by atoms with E-state index in [1.54, 1.807) is 24.3 Å². The lowest BCUT2D eigenvalue weighted by atomic mass is 10.1. The second-order valence-corrected chi connectivity index (χ2v) is 2.77. The average molecular weight is 192 g/mol. The van der Waals surface area contributed by atoms with Crippen LogP contribution in [0, 0.1) is 0 Å². The molecule has 0 unspecified atom stereocenters. The van der Waals surface area contributed by atoms with Crippen LogP contribution in [-0.4, -0.2) is 15.3 Å². The highest BCUT2D eigenvalue weighted by atomic mass is 16.4. The van der Waals surface area contributed by atoms with Crippen LogP contribution in [-0.2, 0) is 6.61 Å². The van der Waals surface area contributed by atoms with Crippen molar-refractivity contribution >= 4 is 0 Å². The van der Waals surface area contributed by atoms with Crippen LogP contribution in [0.4, 0.5) is 0 Å². The van der Waals surface area contributed by atoms with Crippen LogP contribution in [0.3, 0.4) is 0 Å². The van der Waals surface area contributed by atoms with E-state index in [0.29, 0.717) is 5.56 Å². The Kier molecular flexibility index (Phi) is 2.16. The maximum Gasteiger partial charge on any atom is 0.434 e. The number of aromatic amines is 1. The first-order chi connectivity index (χ1) is 6.79. The molecule has 0 aliphatic heterocycles. The van der Waals surface area contributed by atoms with Gasteiger partial charge >= 0.3 is 5.76 Å². The summed E-state index contributed by atoms with van der Waals surface area (Å²) in [5.41, 5.74) is 1.49. The monoisotopic (exact) mass is 192 g/mol. The van der Waals surface area contributed by atoms with Gasteiger partial charge in [-0.05, 0) is 17.7 Å². The number of aromatic nitrogens is 2. The maximum atomic E-state index is 10.7.